The maximum Gasteiger partial charge on any atom is 0.295 e. The highest BCUT2D eigenvalue weighted by Gasteiger charge is 2.38. The average Bonchev–Trinajstić information content (AvgIpc) is 3.86. The van der Waals surface area contributed by atoms with E-state index in [0.717, 1.165) is 11.1 Å². The molecule has 6 rings (SSSR count). The third-order valence-corrected chi connectivity index (χ3v) is 8.92. The second kappa shape index (κ2) is 15.4. The van der Waals surface area contributed by atoms with Gasteiger partial charge in [0, 0.05) is 35.6 Å². The molecule has 4 aromatic carbocycles. The van der Waals surface area contributed by atoms with Crippen LogP contribution < -0.4 is 10.6 Å². The summed E-state index contributed by atoms with van der Waals surface area (Å²) in [5.41, 5.74) is 3.54. The van der Waals surface area contributed by atoms with Gasteiger partial charge in [-0.1, -0.05) is 97.1 Å². The molecule has 0 saturated carbocycles. The van der Waals surface area contributed by atoms with Gasteiger partial charge in [-0.25, -0.2) is 0 Å². The van der Waals surface area contributed by atoms with Crippen molar-refractivity contribution in [3.05, 3.63) is 131 Å². The topological polar surface area (TPSA) is 133 Å². The van der Waals surface area contributed by atoms with Gasteiger partial charge in [0.15, 0.2) is 0 Å². The number of hydrogen-bond donors (Lipinski definition) is 2. The molecule has 0 bridgehead atoms. The number of ketones is 2. The van der Waals surface area contributed by atoms with Crippen LogP contribution >= 0.6 is 0 Å². The van der Waals surface area contributed by atoms with E-state index in [9.17, 15) is 28.8 Å². The number of anilines is 2. The van der Waals surface area contributed by atoms with Crippen molar-refractivity contribution in [3.8, 4) is 0 Å². The number of benzene rings is 4. The van der Waals surface area contributed by atoms with E-state index in [1.165, 1.54) is 9.80 Å². The molecule has 4 amide bonds. The number of carbonyl (C=O) groups is 6. The first-order chi connectivity index (χ1) is 24.3. The Morgan fingerprint density at radius 1 is 0.500 bits per heavy atom. The lowest BCUT2D eigenvalue weighted by Crippen LogP contribution is -2.46. The smallest absolute Gasteiger partial charge is 0.295 e. The molecule has 4 aromatic rings. The first-order valence-corrected chi connectivity index (χ1v) is 16.6. The summed E-state index contributed by atoms with van der Waals surface area (Å²) in [6, 6.07) is 29.8. The van der Waals surface area contributed by atoms with Crippen LogP contribution in [0.2, 0.25) is 0 Å². The largest absolute Gasteiger partial charge is 0.324 e. The summed E-state index contributed by atoms with van der Waals surface area (Å²) in [5.74, 6) is -3.26. The molecular weight excluding hydrogens is 632 g/mol. The predicted molar refractivity (Wildman–Crippen MR) is 190 cm³/mol. The fourth-order valence-corrected chi connectivity index (χ4v) is 6.25. The minimum absolute atomic E-state index is 0.300. The highest BCUT2D eigenvalue weighted by atomic mass is 16.2. The summed E-state index contributed by atoms with van der Waals surface area (Å²) in [4.78, 5) is 80.1. The molecule has 10 nitrogen and oxygen atoms in total. The maximum atomic E-state index is 13.1. The Morgan fingerprint density at radius 2 is 0.860 bits per heavy atom. The van der Waals surface area contributed by atoms with E-state index in [1.54, 1.807) is 84.9 Å². The third kappa shape index (κ3) is 7.76. The second-order valence-corrected chi connectivity index (χ2v) is 12.3. The minimum Gasteiger partial charge on any atom is -0.324 e. The lowest BCUT2D eigenvalue weighted by Gasteiger charge is -2.23. The zero-order chi connectivity index (χ0) is 35.0. The number of nitrogens with one attached hydrogen (secondary N) is 2. The van der Waals surface area contributed by atoms with Crippen molar-refractivity contribution < 1.29 is 28.8 Å². The maximum absolute atomic E-state index is 13.1. The number of rotatable bonds is 10. The number of nitrogens with zero attached hydrogens (tertiary/aromatic N) is 2. The summed E-state index contributed by atoms with van der Waals surface area (Å²) in [7, 11) is 0. The van der Waals surface area contributed by atoms with Crippen molar-refractivity contribution in [2.24, 2.45) is 0 Å². The van der Waals surface area contributed by atoms with Gasteiger partial charge < -0.3 is 20.4 Å². The van der Waals surface area contributed by atoms with E-state index in [1.807, 2.05) is 36.4 Å². The molecule has 0 aromatic heterocycles. The summed E-state index contributed by atoms with van der Waals surface area (Å²) >= 11 is 0. The van der Waals surface area contributed by atoms with E-state index in [4.69, 9.17) is 0 Å². The van der Waals surface area contributed by atoms with Gasteiger partial charge >= 0.3 is 0 Å². The van der Waals surface area contributed by atoms with Gasteiger partial charge in [0.2, 0.25) is 23.4 Å². The molecule has 50 heavy (non-hydrogen) atoms. The molecular formula is C40H36N4O6. The lowest BCUT2D eigenvalue weighted by molar-refractivity contribution is -0.132. The summed E-state index contributed by atoms with van der Waals surface area (Å²) < 4.78 is 0. The zero-order valence-corrected chi connectivity index (χ0v) is 27.3. The Hall–Kier alpha value is -6.16. The van der Waals surface area contributed by atoms with Crippen molar-refractivity contribution in [2.45, 2.75) is 37.8 Å². The molecule has 2 fully saturated rings. The molecule has 252 valence electrons. The van der Waals surface area contributed by atoms with Crippen LogP contribution in [0.1, 0.15) is 57.5 Å². The minimum atomic E-state index is -0.717. The van der Waals surface area contributed by atoms with Gasteiger partial charge in [0.1, 0.15) is 12.1 Å². The van der Waals surface area contributed by atoms with Gasteiger partial charge in [-0.3, -0.25) is 28.8 Å². The Labute approximate surface area is 289 Å². The van der Waals surface area contributed by atoms with Crippen molar-refractivity contribution >= 4 is 58.7 Å². The zero-order valence-electron chi connectivity index (χ0n) is 27.3. The molecule has 2 saturated heterocycles. The normalized spacial score (nSPS) is 17.0. The number of likely N-dealkylation sites (tertiary alicyclic amines) is 2. The van der Waals surface area contributed by atoms with E-state index in [2.05, 4.69) is 10.6 Å². The van der Waals surface area contributed by atoms with Crippen LogP contribution in [0, 0.1) is 0 Å². The monoisotopic (exact) mass is 668 g/mol. The molecule has 0 aliphatic carbocycles. The van der Waals surface area contributed by atoms with E-state index in [-0.39, 0.29) is 11.8 Å². The number of hydrogen-bond acceptors (Lipinski definition) is 6. The van der Waals surface area contributed by atoms with Crippen molar-refractivity contribution in [1.29, 1.82) is 0 Å². The van der Waals surface area contributed by atoms with Crippen LogP contribution in [-0.2, 0) is 19.2 Å². The van der Waals surface area contributed by atoms with Gasteiger partial charge in [0.05, 0.1) is 0 Å². The standard InChI is InChI=1S/C40H36N4O6/c45-35(29-9-3-1-4-10-29)39(49)43-25-7-13-33(43)37(47)41-31-21-17-27(18-22-31)15-16-28-19-23-32(24-20-28)42-38(48)34-14-8-26-44(34)40(50)36(46)30-11-5-2-6-12-30/h1-6,9-12,15-24,33-34H,7-8,13-14,25-26H2,(H,41,47)(H,42,48)/b16-15+/t33-,34-/m0/s1. The van der Waals surface area contributed by atoms with Crippen LogP contribution in [0.4, 0.5) is 11.4 Å². The van der Waals surface area contributed by atoms with E-state index < -0.39 is 35.5 Å². The molecule has 2 atom stereocenters. The molecule has 0 radical (unpaired) electrons. The molecule has 10 heteroatoms. The third-order valence-electron chi connectivity index (χ3n) is 8.92. The number of amides is 4. The van der Waals surface area contributed by atoms with Gasteiger partial charge in [-0.05, 0) is 61.1 Å². The molecule has 0 unspecified atom stereocenters. The Bertz CT molecular complexity index is 1780. The van der Waals surface area contributed by atoms with Crippen LogP contribution in [0.25, 0.3) is 12.2 Å². The molecule has 0 spiro atoms. The molecule has 2 aliphatic rings. The lowest BCUT2D eigenvalue weighted by atomic mass is 10.1. The number of carbonyl (C=O) groups excluding carboxylic acids is 6. The second-order valence-electron chi connectivity index (χ2n) is 12.3. The molecule has 2 aliphatic heterocycles. The van der Waals surface area contributed by atoms with E-state index in [0.29, 0.717) is 61.3 Å². The van der Waals surface area contributed by atoms with Crippen LogP contribution in [0.5, 0.6) is 0 Å². The average molecular weight is 669 g/mol. The van der Waals surface area contributed by atoms with Crippen LogP contribution in [0.3, 0.4) is 0 Å². The summed E-state index contributed by atoms with van der Waals surface area (Å²) in [6.07, 6.45) is 6.07. The molecule has 2 heterocycles. The predicted octanol–water partition coefficient (Wildman–Crippen LogP) is 5.48. The van der Waals surface area contributed by atoms with Gasteiger partial charge in [-0.2, -0.15) is 0 Å². The SMILES string of the molecule is O=C(C(=O)N1CCC[C@H]1C(=O)Nc1ccc(/C=C/c2ccc(NC(=O)[C@@H]3CCCN3C(=O)C(=O)c3ccccc3)cc2)cc1)c1ccccc1. The van der Waals surface area contributed by atoms with Crippen molar-refractivity contribution in [2.75, 3.05) is 23.7 Å². The van der Waals surface area contributed by atoms with E-state index >= 15 is 0 Å². The fraction of sp³-hybridized carbons (Fsp3) is 0.200. The van der Waals surface area contributed by atoms with Gasteiger partial charge in [-0.15, -0.1) is 0 Å². The first kappa shape index (κ1) is 33.7. The number of Topliss-reactive ketones (excluding diaryl/α,β-unsaturated/α-hetero) is 2. The highest BCUT2D eigenvalue weighted by Crippen LogP contribution is 2.23. The fourth-order valence-electron chi connectivity index (χ4n) is 6.25. The Balaban J connectivity index is 1.00. The highest BCUT2D eigenvalue weighted by molar-refractivity contribution is 6.43. The van der Waals surface area contributed by atoms with Crippen LogP contribution in [-0.4, -0.2) is 70.2 Å². The van der Waals surface area contributed by atoms with Crippen LogP contribution in [0.15, 0.2) is 109 Å². The van der Waals surface area contributed by atoms with Crippen molar-refractivity contribution in [3.63, 3.8) is 0 Å². The quantitative estimate of drug-likeness (QED) is 0.131. The Kier molecular flexibility index (Phi) is 10.4. The first-order valence-electron chi connectivity index (χ1n) is 16.6. The summed E-state index contributed by atoms with van der Waals surface area (Å²) in [6.45, 7) is 0.703. The van der Waals surface area contributed by atoms with Crippen molar-refractivity contribution in [1.82, 2.24) is 9.80 Å². The van der Waals surface area contributed by atoms with Gasteiger partial charge in [0.25, 0.3) is 11.8 Å². The Morgan fingerprint density at radius 3 is 1.22 bits per heavy atom. The molecule has 2 N–H and O–H groups in total. The summed E-state index contributed by atoms with van der Waals surface area (Å²) in [5, 5.41) is 5.74.